The van der Waals surface area contributed by atoms with Crippen LogP contribution in [-0.2, 0) is 11.3 Å². The molecule has 1 aromatic rings. The first-order valence-electron chi connectivity index (χ1n) is 11.4. The second-order valence-electron chi connectivity index (χ2n) is 8.98. The first-order chi connectivity index (χ1) is 14.5. The van der Waals surface area contributed by atoms with Gasteiger partial charge in [-0.15, -0.1) is 0 Å². The van der Waals surface area contributed by atoms with Gasteiger partial charge in [0.2, 0.25) is 0 Å². The minimum absolute atomic E-state index is 0.0550. The van der Waals surface area contributed by atoms with Crippen LogP contribution in [0.2, 0.25) is 0 Å². The second-order valence-corrected chi connectivity index (χ2v) is 8.98. The summed E-state index contributed by atoms with van der Waals surface area (Å²) in [7, 11) is 0. The van der Waals surface area contributed by atoms with Crippen molar-refractivity contribution in [3.05, 3.63) is 35.9 Å². The Morgan fingerprint density at radius 3 is 2.33 bits per heavy atom. The van der Waals surface area contributed by atoms with Crippen molar-refractivity contribution in [2.45, 2.75) is 32.4 Å². The largest absolute Gasteiger partial charge is 0.379 e. The highest BCUT2D eigenvalue weighted by Gasteiger charge is 2.28. The minimum Gasteiger partial charge on any atom is -0.379 e. The number of hydrogen-bond acceptors (Lipinski definition) is 5. The summed E-state index contributed by atoms with van der Waals surface area (Å²) in [5.41, 5.74) is 1.33. The van der Waals surface area contributed by atoms with Crippen LogP contribution in [0.15, 0.2) is 30.3 Å². The standard InChI is InChI=1S/C23H39N5O2/c1-23(2,28-15-17-30-18-16-28)20-25-22(29)24-9-6-10-26-11-13-27(14-12-26)19-21-7-4-3-5-8-21/h3-5,7-8H,6,9-20H2,1-2H3,(H2,24,25,29). The summed E-state index contributed by atoms with van der Waals surface area (Å²) in [5.74, 6) is 0. The van der Waals surface area contributed by atoms with Crippen LogP contribution >= 0.6 is 0 Å². The Kier molecular flexibility index (Phi) is 8.93. The topological polar surface area (TPSA) is 60.1 Å². The van der Waals surface area contributed by atoms with E-state index in [0.29, 0.717) is 13.1 Å². The van der Waals surface area contributed by atoms with E-state index in [1.54, 1.807) is 0 Å². The fourth-order valence-corrected chi connectivity index (χ4v) is 4.16. The Morgan fingerprint density at radius 2 is 1.63 bits per heavy atom. The van der Waals surface area contributed by atoms with Crippen molar-refractivity contribution in [3.8, 4) is 0 Å². The van der Waals surface area contributed by atoms with Crippen molar-refractivity contribution in [3.63, 3.8) is 0 Å². The molecule has 2 aliphatic heterocycles. The van der Waals surface area contributed by atoms with E-state index >= 15 is 0 Å². The van der Waals surface area contributed by atoms with Crippen LogP contribution in [0.1, 0.15) is 25.8 Å². The summed E-state index contributed by atoms with van der Waals surface area (Å²) in [6.45, 7) is 15.6. The van der Waals surface area contributed by atoms with Crippen LogP contribution in [0, 0.1) is 0 Å². The average molecular weight is 418 g/mol. The van der Waals surface area contributed by atoms with E-state index in [-0.39, 0.29) is 11.6 Å². The summed E-state index contributed by atoms with van der Waals surface area (Å²) in [4.78, 5) is 19.6. The molecule has 168 valence electrons. The molecular weight excluding hydrogens is 378 g/mol. The van der Waals surface area contributed by atoms with Gasteiger partial charge in [-0.1, -0.05) is 30.3 Å². The van der Waals surface area contributed by atoms with Gasteiger partial charge in [0.25, 0.3) is 0 Å². The van der Waals surface area contributed by atoms with E-state index in [2.05, 4.69) is 69.5 Å². The first-order valence-corrected chi connectivity index (χ1v) is 11.4. The zero-order valence-corrected chi connectivity index (χ0v) is 18.7. The van der Waals surface area contributed by atoms with Gasteiger partial charge in [-0.3, -0.25) is 9.80 Å². The molecule has 7 heteroatoms. The van der Waals surface area contributed by atoms with Gasteiger partial charge < -0.3 is 20.3 Å². The molecule has 2 amide bonds. The Balaban J connectivity index is 1.23. The number of nitrogens with zero attached hydrogens (tertiary/aromatic N) is 3. The third kappa shape index (κ3) is 7.54. The third-order valence-corrected chi connectivity index (χ3v) is 6.20. The van der Waals surface area contributed by atoms with Crippen molar-refractivity contribution in [2.24, 2.45) is 0 Å². The number of urea groups is 1. The molecule has 2 saturated heterocycles. The van der Waals surface area contributed by atoms with E-state index in [1.165, 1.54) is 5.56 Å². The van der Waals surface area contributed by atoms with Gasteiger partial charge in [-0.05, 0) is 32.4 Å². The van der Waals surface area contributed by atoms with E-state index < -0.39 is 0 Å². The van der Waals surface area contributed by atoms with Gasteiger partial charge in [0.05, 0.1) is 13.2 Å². The van der Waals surface area contributed by atoms with Gasteiger partial charge in [0.15, 0.2) is 0 Å². The maximum absolute atomic E-state index is 12.2. The number of piperazine rings is 1. The molecule has 2 aliphatic rings. The molecule has 0 unspecified atom stereocenters. The fraction of sp³-hybridized carbons (Fsp3) is 0.696. The lowest BCUT2D eigenvalue weighted by molar-refractivity contribution is -0.00874. The van der Waals surface area contributed by atoms with E-state index in [1.807, 2.05) is 0 Å². The minimum atomic E-state index is -0.0657. The summed E-state index contributed by atoms with van der Waals surface area (Å²) in [5, 5.41) is 6.04. The van der Waals surface area contributed by atoms with Gasteiger partial charge in [0.1, 0.15) is 0 Å². The average Bonchev–Trinajstić information content (AvgIpc) is 2.78. The number of nitrogens with one attached hydrogen (secondary N) is 2. The molecule has 0 saturated carbocycles. The highest BCUT2D eigenvalue weighted by atomic mass is 16.5. The Labute approximate surface area is 181 Å². The molecule has 2 heterocycles. The smallest absolute Gasteiger partial charge is 0.314 e. The number of rotatable bonds is 9. The van der Waals surface area contributed by atoms with E-state index in [9.17, 15) is 4.79 Å². The fourth-order valence-electron chi connectivity index (χ4n) is 4.16. The summed E-state index contributed by atoms with van der Waals surface area (Å²) < 4.78 is 5.42. The Bertz CT molecular complexity index is 626. The van der Waals surface area contributed by atoms with Crippen LogP contribution in [0.25, 0.3) is 0 Å². The predicted octanol–water partition coefficient (Wildman–Crippen LogP) is 1.60. The van der Waals surface area contributed by atoms with Crippen molar-refractivity contribution in [1.82, 2.24) is 25.3 Å². The predicted molar refractivity (Wildman–Crippen MR) is 121 cm³/mol. The molecular formula is C23H39N5O2. The lowest BCUT2D eigenvalue weighted by atomic mass is 10.0. The van der Waals surface area contributed by atoms with E-state index in [0.717, 1.165) is 72.0 Å². The van der Waals surface area contributed by atoms with Gasteiger partial charge in [-0.2, -0.15) is 0 Å². The van der Waals surface area contributed by atoms with Crippen LogP contribution < -0.4 is 10.6 Å². The van der Waals surface area contributed by atoms with Gasteiger partial charge in [-0.25, -0.2) is 4.79 Å². The number of ether oxygens (including phenoxy) is 1. The molecule has 2 N–H and O–H groups in total. The molecule has 0 bridgehead atoms. The zero-order valence-electron chi connectivity index (χ0n) is 18.7. The maximum Gasteiger partial charge on any atom is 0.314 e. The maximum atomic E-state index is 12.2. The van der Waals surface area contributed by atoms with Gasteiger partial charge >= 0.3 is 6.03 Å². The molecule has 0 atom stereocenters. The molecule has 2 fully saturated rings. The summed E-state index contributed by atoms with van der Waals surface area (Å²) in [6, 6.07) is 10.6. The first kappa shape index (κ1) is 23.0. The number of morpholine rings is 1. The van der Waals surface area contributed by atoms with Crippen LogP contribution in [-0.4, -0.2) is 98.4 Å². The molecule has 0 aliphatic carbocycles. The lowest BCUT2D eigenvalue weighted by Gasteiger charge is -2.40. The number of carbonyl (C=O) groups excluding carboxylic acids is 1. The highest BCUT2D eigenvalue weighted by molar-refractivity contribution is 5.73. The number of hydrogen-bond donors (Lipinski definition) is 2. The Morgan fingerprint density at radius 1 is 0.967 bits per heavy atom. The number of benzene rings is 1. The molecule has 0 aromatic heterocycles. The molecule has 30 heavy (non-hydrogen) atoms. The zero-order chi connectivity index (χ0) is 21.2. The third-order valence-electron chi connectivity index (χ3n) is 6.20. The van der Waals surface area contributed by atoms with Crippen molar-refractivity contribution in [1.29, 1.82) is 0 Å². The van der Waals surface area contributed by atoms with Crippen molar-refractivity contribution >= 4 is 6.03 Å². The molecule has 0 spiro atoms. The normalized spacial score (nSPS) is 19.5. The summed E-state index contributed by atoms with van der Waals surface area (Å²) >= 11 is 0. The molecule has 7 nitrogen and oxygen atoms in total. The van der Waals surface area contributed by atoms with Crippen molar-refractivity contribution in [2.75, 3.05) is 72.1 Å². The quantitative estimate of drug-likeness (QED) is 0.598. The molecule has 0 radical (unpaired) electrons. The highest BCUT2D eigenvalue weighted by Crippen LogP contribution is 2.15. The van der Waals surface area contributed by atoms with E-state index in [4.69, 9.17) is 4.74 Å². The summed E-state index contributed by atoms with van der Waals surface area (Å²) in [6.07, 6.45) is 0.985. The van der Waals surface area contributed by atoms with Crippen LogP contribution in [0.3, 0.4) is 0 Å². The SMILES string of the molecule is CC(C)(CNC(=O)NCCCN1CCN(Cc2ccccc2)CC1)N1CCOCC1. The molecule has 3 rings (SSSR count). The second kappa shape index (κ2) is 11.6. The van der Waals surface area contributed by atoms with Crippen molar-refractivity contribution < 1.29 is 9.53 Å². The lowest BCUT2D eigenvalue weighted by Crippen LogP contribution is -2.56. The monoisotopic (exact) mass is 417 g/mol. The van der Waals surface area contributed by atoms with Gasteiger partial charge in [0, 0.05) is 64.4 Å². The Hall–Kier alpha value is -1.67. The number of carbonyl (C=O) groups is 1. The van der Waals surface area contributed by atoms with Crippen LogP contribution in [0.5, 0.6) is 0 Å². The van der Waals surface area contributed by atoms with Crippen LogP contribution in [0.4, 0.5) is 4.79 Å². The number of amides is 2. The molecule has 1 aromatic carbocycles.